The first-order valence-corrected chi connectivity index (χ1v) is 6.99. The van der Waals surface area contributed by atoms with Crippen molar-refractivity contribution < 1.29 is 9.47 Å². The van der Waals surface area contributed by atoms with Crippen molar-refractivity contribution in [3.63, 3.8) is 0 Å². The predicted molar refractivity (Wildman–Crippen MR) is 76.3 cm³/mol. The summed E-state index contributed by atoms with van der Waals surface area (Å²) in [6, 6.07) is 8.62. The summed E-state index contributed by atoms with van der Waals surface area (Å²) in [6.45, 7) is 4.01. The van der Waals surface area contributed by atoms with E-state index in [0.29, 0.717) is 12.6 Å². The molecule has 0 atom stereocenters. The molecule has 0 bridgehead atoms. The second kappa shape index (κ2) is 7.48. The van der Waals surface area contributed by atoms with Gasteiger partial charge in [0.25, 0.3) is 0 Å². The van der Waals surface area contributed by atoms with Crippen molar-refractivity contribution in [3.05, 3.63) is 29.8 Å². The number of rotatable bonds is 6. The van der Waals surface area contributed by atoms with Crippen LogP contribution in [-0.2, 0) is 11.3 Å². The molecule has 1 saturated heterocycles. The van der Waals surface area contributed by atoms with Crippen molar-refractivity contribution in [3.8, 4) is 5.75 Å². The van der Waals surface area contributed by atoms with Gasteiger partial charge in [0, 0.05) is 32.3 Å². The van der Waals surface area contributed by atoms with Crippen LogP contribution in [0, 0.1) is 0 Å². The number of nitrogens with two attached hydrogens (primary N) is 1. The molecule has 1 aliphatic rings. The molecule has 106 valence electrons. The lowest BCUT2D eigenvalue weighted by atomic mass is 10.1. The Morgan fingerprint density at radius 2 is 1.95 bits per heavy atom. The number of hydrogen-bond acceptors (Lipinski definition) is 4. The van der Waals surface area contributed by atoms with Crippen LogP contribution in [0.4, 0.5) is 0 Å². The molecular weight excluding hydrogens is 240 g/mol. The van der Waals surface area contributed by atoms with Crippen LogP contribution >= 0.6 is 0 Å². The third-order valence-corrected chi connectivity index (χ3v) is 3.69. The van der Waals surface area contributed by atoms with Crippen molar-refractivity contribution in [2.75, 3.05) is 33.4 Å². The molecule has 19 heavy (non-hydrogen) atoms. The fourth-order valence-electron chi connectivity index (χ4n) is 2.34. The molecule has 1 aliphatic heterocycles. The lowest BCUT2D eigenvalue weighted by Crippen LogP contribution is -2.38. The Balaban J connectivity index is 1.69. The molecule has 4 heteroatoms. The highest BCUT2D eigenvalue weighted by molar-refractivity contribution is 5.27. The number of likely N-dealkylation sites (N-methyl/N-ethyl adjacent to an activating group) is 1. The van der Waals surface area contributed by atoms with Crippen molar-refractivity contribution >= 4 is 0 Å². The van der Waals surface area contributed by atoms with E-state index in [2.05, 4.69) is 11.9 Å². The van der Waals surface area contributed by atoms with E-state index in [9.17, 15) is 0 Å². The van der Waals surface area contributed by atoms with Gasteiger partial charge in [-0.05, 0) is 37.6 Å². The Hall–Kier alpha value is -1.10. The summed E-state index contributed by atoms with van der Waals surface area (Å²) >= 11 is 0. The Morgan fingerprint density at radius 1 is 1.26 bits per heavy atom. The van der Waals surface area contributed by atoms with E-state index in [1.807, 2.05) is 24.3 Å². The molecule has 0 radical (unpaired) electrons. The van der Waals surface area contributed by atoms with E-state index in [-0.39, 0.29) is 0 Å². The van der Waals surface area contributed by atoms with E-state index in [1.54, 1.807) is 0 Å². The van der Waals surface area contributed by atoms with Gasteiger partial charge in [-0.3, -0.25) is 4.90 Å². The monoisotopic (exact) mass is 264 g/mol. The minimum absolute atomic E-state index is 0.576. The van der Waals surface area contributed by atoms with Gasteiger partial charge in [-0.15, -0.1) is 0 Å². The lowest BCUT2D eigenvalue weighted by molar-refractivity contribution is 0.0392. The zero-order valence-corrected chi connectivity index (χ0v) is 11.7. The van der Waals surface area contributed by atoms with E-state index in [0.717, 1.165) is 50.5 Å². The second-order valence-corrected chi connectivity index (χ2v) is 5.02. The summed E-state index contributed by atoms with van der Waals surface area (Å²) in [6.07, 6.45) is 2.25. The number of ether oxygens (including phenoxy) is 2. The standard InChI is InChI=1S/C15H24N2O2/c1-17(14-6-9-18-10-7-14)8-11-19-15-4-2-13(12-16)3-5-15/h2-5,14H,6-12,16H2,1H3. The Morgan fingerprint density at radius 3 is 2.58 bits per heavy atom. The first-order valence-electron chi connectivity index (χ1n) is 6.99. The number of benzene rings is 1. The number of nitrogens with zero attached hydrogens (tertiary/aromatic N) is 1. The molecule has 0 saturated carbocycles. The van der Waals surface area contributed by atoms with Gasteiger partial charge in [0.1, 0.15) is 12.4 Å². The third kappa shape index (κ3) is 4.49. The second-order valence-electron chi connectivity index (χ2n) is 5.02. The van der Waals surface area contributed by atoms with Gasteiger partial charge in [0.05, 0.1) is 0 Å². The van der Waals surface area contributed by atoms with Crippen LogP contribution in [0.2, 0.25) is 0 Å². The summed E-state index contributed by atoms with van der Waals surface area (Å²) in [7, 11) is 2.16. The van der Waals surface area contributed by atoms with Crippen LogP contribution in [0.15, 0.2) is 24.3 Å². The van der Waals surface area contributed by atoms with Crippen LogP contribution in [0.3, 0.4) is 0 Å². The SMILES string of the molecule is CN(CCOc1ccc(CN)cc1)C1CCOCC1. The van der Waals surface area contributed by atoms with E-state index in [1.165, 1.54) is 0 Å². The van der Waals surface area contributed by atoms with Gasteiger partial charge in [-0.2, -0.15) is 0 Å². The molecule has 2 rings (SSSR count). The molecular formula is C15H24N2O2. The summed E-state index contributed by atoms with van der Waals surface area (Å²) in [5.74, 6) is 0.914. The first-order chi connectivity index (χ1) is 9.29. The minimum atomic E-state index is 0.576. The van der Waals surface area contributed by atoms with Gasteiger partial charge in [0.2, 0.25) is 0 Å². The lowest BCUT2D eigenvalue weighted by Gasteiger charge is -2.31. The van der Waals surface area contributed by atoms with Gasteiger partial charge < -0.3 is 15.2 Å². The van der Waals surface area contributed by atoms with Gasteiger partial charge in [-0.25, -0.2) is 0 Å². The highest BCUT2D eigenvalue weighted by Crippen LogP contribution is 2.14. The first kappa shape index (κ1) is 14.3. The highest BCUT2D eigenvalue weighted by atomic mass is 16.5. The summed E-state index contributed by atoms with van der Waals surface area (Å²) < 4.78 is 11.1. The minimum Gasteiger partial charge on any atom is -0.492 e. The van der Waals surface area contributed by atoms with Crippen LogP contribution in [0.25, 0.3) is 0 Å². The quantitative estimate of drug-likeness (QED) is 0.848. The van der Waals surface area contributed by atoms with Crippen LogP contribution in [0.1, 0.15) is 18.4 Å². The zero-order valence-electron chi connectivity index (χ0n) is 11.7. The van der Waals surface area contributed by atoms with Crippen molar-refractivity contribution in [1.82, 2.24) is 4.90 Å². The van der Waals surface area contributed by atoms with Gasteiger partial charge in [-0.1, -0.05) is 12.1 Å². The van der Waals surface area contributed by atoms with Gasteiger partial charge in [0.15, 0.2) is 0 Å². The molecule has 1 aromatic rings. The maximum atomic E-state index is 5.75. The fourth-order valence-corrected chi connectivity index (χ4v) is 2.34. The topological polar surface area (TPSA) is 47.7 Å². The van der Waals surface area contributed by atoms with Crippen molar-refractivity contribution in [2.45, 2.75) is 25.4 Å². The fraction of sp³-hybridized carbons (Fsp3) is 0.600. The van der Waals surface area contributed by atoms with Crippen molar-refractivity contribution in [2.24, 2.45) is 5.73 Å². The summed E-state index contributed by atoms with van der Waals surface area (Å²) in [5, 5.41) is 0. The molecule has 1 fully saturated rings. The van der Waals surface area contributed by atoms with E-state index in [4.69, 9.17) is 15.2 Å². The van der Waals surface area contributed by atoms with Crippen LogP contribution in [0.5, 0.6) is 5.75 Å². The van der Waals surface area contributed by atoms with Gasteiger partial charge >= 0.3 is 0 Å². The molecule has 1 aromatic carbocycles. The average Bonchev–Trinajstić information content (AvgIpc) is 2.49. The Kier molecular flexibility index (Phi) is 5.63. The summed E-state index contributed by atoms with van der Waals surface area (Å²) in [4.78, 5) is 2.37. The van der Waals surface area contributed by atoms with Crippen LogP contribution in [-0.4, -0.2) is 44.4 Å². The third-order valence-electron chi connectivity index (χ3n) is 3.69. The zero-order chi connectivity index (χ0) is 13.5. The predicted octanol–water partition coefficient (Wildman–Crippen LogP) is 1.63. The molecule has 4 nitrogen and oxygen atoms in total. The highest BCUT2D eigenvalue weighted by Gasteiger charge is 2.17. The average molecular weight is 264 g/mol. The maximum absolute atomic E-state index is 5.75. The molecule has 0 aliphatic carbocycles. The Labute approximate surface area is 115 Å². The Bertz CT molecular complexity index is 361. The van der Waals surface area contributed by atoms with E-state index < -0.39 is 0 Å². The van der Waals surface area contributed by atoms with Crippen LogP contribution < -0.4 is 10.5 Å². The molecule has 0 unspecified atom stereocenters. The summed E-state index contributed by atoms with van der Waals surface area (Å²) in [5.41, 5.74) is 6.70. The number of hydrogen-bond donors (Lipinski definition) is 1. The molecule has 2 N–H and O–H groups in total. The normalized spacial score (nSPS) is 16.8. The largest absolute Gasteiger partial charge is 0.492 e. The molecule has 0 spiro atoms. The molecule has 0 amide bonds. The smallest absolute Gasteiger partial charge is 0.119 e. The van der Waals surface area contributed by atoms with E-state index >= 15 is 0 Å². The van der Waals surface area contributed by atoms with Crippen molar-refractivity contribution in [1.29, 1.82) is 0 Å². The molecule has 1 heterocycles. The molecule has 0 aromatic heterocycles. The maximum Gasteiger partial charge on any atom is 0.119 e.